The van der Waals surface area contributed by atoms with Gasteiger partial charge in [0, 0.05) is 0 Å². The normalized spacial score (nSPS) is 12.0. The summed E-state index contributed by atoms with van der Waals surface area (Å²) < 4.78 is 0. The van der Waals surface area contributed by atoms with Crippen molar-refractivity contribution in [2.24, 2.45) is 0 Å². The molecule has 0 aliphatic rings. The van der Waals surface area contributed by atoms with E-state index < -0.39 is 0 Å². The highest BCUT2D eigenvalue weighted by molar-refractivity contribution is 5.63. The molecule has 1 rings (SSSR count). The minimum atomic E-state index is -0.149. The molecule has 0 spiro atoms. The van der Waals surface area contributed by atoms with E-state index in [1.54, 1.807) is 6.08 Å². The monoisotopic (exact) mass is 159 g/mol. The number of hydrogen-bond acceptors (Lipinski definition) is 1. The summed E-state index contributed by atoms with van der Waals surface area (Å²) in [5.41, 5.74) is 1.01. The van der Waals surface area contributed by atoms with Crippen LogP contribution in [0.15, 0.2) is 43.0 Å². The third-order valence-corrected chi connectivity index (χ3v) is 1.75. The summed E-state index contributed by atoms with van der Waals surface area (Å²) in [7, 11) is 0. The van der Waals surface area contributed by atoms with Crippen LogP contribution in [0.25, 0.3) is 0 Å². The van der Waals surface area contributed by atoms with Gasteiger partial charge in [-0.25, -0.2) is 0 Å². The maximum Gasteiger partial charge on any atom is 0.206 e. The predicted molar refractivity (Wildman–Crippen MR) is 49.7 cm³/mol. The molecule has 0 heterocycles. The van der Waals surface area contributed by atoms with E-state index >= 15 is 0 Å². The van der Waals surface area contributed by atoms with Gasteiger partial charge in [0.15, 0.2) is 0 Å². The molecule has 1 unspecified atom stereocenters. The van der Waals surface area contributed by atoms with Gasteiger partial charge < -0.3 is 0 Å². The van der Waals surface area contributed by atoms with Crippen molar-refractivity contribution in [1.82, 2.24) is 0 Å². The molecule has 61 valence electrons. The number of hydrogen-bond donors (Lipinski definition) is 0. The Kier molecular flexibility index (Phi) is 3.27. The minimum Gasteiger partial charge on any atom is -0.290 e. The molecule has 1 radical (unpaired) electrons. The second-order valence-corrected chi connectivity index (χ2v) is 2.61. The number of benzene rings is 1. The molecule has 1 nitrogen and oxygen atoms in total. The molecule has 0 fully saturated rings. The third kappa shape index (κ3) is 2.06. The van der Waals surface area contributed by atoms with Gasteiger partial charge in [0.25, 0.3) is 0 Å². The van der Waals surface area contributed by atoms with Crippen molar-refractivity contribution < 1.29 is 4.79 Å². The molecular weight excluding hydrogens is 148 g/mol. The van der Waals surface area contributed by atoms with Crippen molar-refractivity contribution in [2.75, 3.05) is 0 Å². The zero-order valence-electron chi connectivity index (χ0n) is 6.86. The van der Waals surface area contributed by atoms with Gasteiger partial charge in [-0.05, 0) is 12.0 Å². The fraction of sp³-hybridized carbons (Fsp3) is 0.182. The molecule has 0 aromatic heterocycles. The van der Waals surface area contributed by atoms with Gasteiger partial charge in [0.05, 0.1) is 5.92 Å². The molecule has 12 heavy (non-hydrogen) atoms. The summed E-state index contributed by atoms with van der Waals surface area (Å²) in [6.45, 7) is 3.60. The van der Waals surface area contributed by atoms with Gasteiger partial charge >= 0.3 is 0 Å². The number of allylic oxidation sites excluding steroid dienone is 1. The van der Waals surface area contributed by atoms with Crippen molar-refractivity contribution in [1.29, 1.82) is 0 Å². The Morgan fingerprint density at radius 2 is 2.08 bits per heavy atom. The molecule has 1 heteroatoms. The summed E-state index contributed by atoms with van der Waals surface area (Å²) >= 11 is 0. The van der Waals surface area contributed by atoms with Crippen LogP contribution in [0.4, 0.5) is 0 Å². The molecule has 0 aliphatic carbocycles. The summed E-state index contributed by atoms with van der Waals surface area (Å²) in [4.78, 5) is 10.5. The largest absolute Gasteiger partial charge is 0.290 e. The average Bonchev–Trinajstić information content (AvgIpc) is 2.15. The molecule has 0 saturated heterocycles. The van der Waals surface area contributed by atoms with E-state index in [-0.39, 0.29) is 5.92 Å². The molecule has 1 aromatic carbocycles. The van der Waals surface area contributed by atoms with Crippen LogP contribution >= 0.6 is 0 Å². The average molecular weight is 159 g/mol. The first-order valence-corrected chi connectivity index (χ1v) is 3.92. The highest BCUT2D eigenvalue weighted by Crippen LogP contribution is 2.16. The van der Waals surface area contributed by atoms with E-state index in [0.717, 1.165) is 5.56 Å². The Labute approximate surface area is 72.7 Å². The Balaban J connectivity index is 2.79. The van der Waals surface area contributed by atoms with Gasteiger partial charge in [-0.15, -0.1) is 6.58 Å². The molecular formula is C11H11O. The van der Waals surface area contributed by atoms with Crippen molar-refractivity contribution >= 4 is 6.29 Å². The van der Waals surface area contributed by atoms with Crippen LogP contribution in [0.1, 0.15) is 17.9 Å². The van der Waals surface area contributed by atoms with E-state index in [9.17, 15) is 4.79 Å². The summed E-state index contributed by atoms with van der Waals surface area (Å²) in [5.74, 6) is -0.149. The molecule has 0 saturated carbocycles. The highest BCUT2D eigenvalue weighted by atomic mass is 16.1. The van der Waals surface area contributed by atoms with Crippen molar-refractivity contribution in [3.8, 4) is 0 Å². The lowest BCUT2D eigenvalue weighted by atomic mass is 9.98. The quantitative estimate of drug-likeness (QED) is 0.617. The highest BCUT2D eigenvalue weighted by Gasteiger charge is 2.07. The van der Waals surface area contributed by atoms with E-state index in [4.69, 9.17) is 0 Å². The van der Waals surface area contributed by atoms with Gasteiger partial charge in [0.1, 0.15) is 0 Å². The van der Waals surface area contributed by atoms with Crippen LogP contribution in [-0.2, 0) is 4.79 Å². The molecule has 0 amide bonds. The smallest absolute Gasteiger partial charge is 0.206 e. The topological polar surface area (TPSA) is 17.1 Å². The predicted octanol–water partition coefficient (Wildman–Crippen LogP) is 2.46. The minimum absolute atomic E-state index is 0.149. The van der Waals surface area contributed by atoms with Crippen LogP contribution in [0.5, 0.6) is 0 Å². The van der Waals surface area contributed by atoms with E-state index in [1.807, 2.05) is 36.6 Å². The lowest BCUT2D eigenvalue weighted by Crippen LogP contribution is -1.97. The van der Waals surface area contributed by atoms with Gasteiger partial charge in [-0.2, -0.15) is 0 Å². The summed E-state index contributed by atoms with van der Waals surface area (Å²) in [6.07, 6.45) is 4.40. The van der Waals surface area contributed by atoms with Crippen LogP contribution in [0.3, 0.4) is 0 Å². The number of rotatable bonds is 4. The molecule has 0 aliphatic heterocycles. The maximum atomic E-state index is 10.5. The summed E-state index contributed by atoms with van der Waals surface area (Å²) in [6, 6.07) is 9.63. The van der Waals surface area contributed by atoms with E-state index in [0.29, 0.717) is 6.42 Å². The SMILES string of the molecule is C=CCC([C]=O)c1ccccc1. The Morgan fingerprint density at radius 1 is 1.42 bits per heavy atom. The Hall–Kier alpha value is -1.37. The zero-order valence-corrected chi connectivity index (χ0v) is 6.86. The van der Waals surface area contributed by atoms with Crippen molar-refractivity contribution in [2.45, 2.75) is 12.3 Å². The van der Waals surface area contributed by atoms with Gasteiger partial charge in [0.2, 0.25) is 6.29 Å². The fourth-order valence-electron chi connectivity index (χ4n) is 1.10. The lowest BCUT2D eigenvalue weighted by Gasteiger charge is -2.05. The van der Waals surface area contributed by atoms with Crippen LogP contribution in [0.2, 0.25) is 0 Å². The lowest BCUT2D eigenvalue weighted by molar-refractivity contribution is 0.543. The molecule has 0 N–H and O–H groups in total. The van der Waals surface area contributed by atoms with Crippen LogP contribution in [0, 0.1) is 0 Å². The van der Waals surface area contributed by atoms with Gasteiger partial charge in [-0.1, -0.05) is 36.4 Å². The Bertz CT molecular complexity index is 251. The second-order valence-electron chi connectivity index (χ2n) is 2.61. The van der Waals surface area contributed by atoms with E-state index in [2.05, 4.69) is 6.58 Å². The fourth-order valence-corrected chi connectivity index (χ4v) is 1.10. The zero-order chi connectivity index (χ0) is 8.81. The maximum absolute atomic E-state index is 10.5. The van der Waals surface area contributed by atoms with E-state index in [1.165, 1.54) is 0 Å². The standard InChI is InChI=1S/C11H11O/c1-2-6-11(9-12)10-7-4-3-5-8-10/h2-5,7-8,11H,1,6H2. The number of carbonyl (C=O) groups excluding carboxylic acids is 1. The Morgan fingerprint density at radius 3 is 2.58 bits per heavy atom. The third-order valence-electron chi connectivity index (χ3n) is 1.75. The first-order chi connectivity index (χ1) is 5.88. The first-order valence-electron chi connectivity index (χ1n) is 3.92. The first kappa shape index (κ1) is 8.72. The molecule has 1 aromatic rings. The van der Waals surface area contributed by atoms with Gasteiger partial charge in [-0.3, -0.25) is 4.79 Å². The van der Waals surface area contributed by atoms with Crippen molar-refractivity contribution in [3.05, 3.63) is 48.6 Å². The van der Waals surface area contributed by atoms with Crippen LogP contribution in [-0.4, -0.2) is 6.29 Å². The van der Waals surface area contributed by atoms with Crippen LogP contribution < -0.4 is 0 Å². The molecule has 0 bridgehead atoms. The molecule has 1 atom stereocenters. The van der Waals surface area contributed by atoms with Crippen molar-refractivity contribution in [3.63, 3.8) is 0 Å². The second kappa shape index (κ2) is 4.50. The summed E-state index contributed by atoms with van der Waals surface area (Å²) in [5, 5.41) is 0.